The number of rotatable bonds is 9. The third kappa shape index (κ3) is 5.26. The van der Waals surface area contributed by atoms with Crippen LogP contribution in [0.2, 0.25) is 0 Å². The van der Waals surface area contributed by atoms with E-state index >= 15 is 0 Å². The molecule has 1 unspecified atom stereocenters. The van der Waals surface area contributed by atoms with Crippen molar-refractivity contribution < 1.29 is 24.2 Å². The largest absolute Gasteiger partial charge is 0.488 e. The second-order valence-corrected chi connectivity index (χ2v) is 9.61. The van der Waals surface area contributed by atoms with Crippen LogP contribution in [0.5, 0.6) is 5.75 Å². The van der Waals surface area contributed by atoms with E-state index < -0.39 is 18.1 Å². The minimum absolute atomic E-state index is 0.0939. The van der Waals surface area contributed by atoms with Gasteiger partial charge >= 0.3 is 12.1 Å². The second-order valence-electron chi connectivity index (χ2n) is 8.58. The maximum Gasteiger partial charge on any atom is 0.407 e. The van der Waals surface area contributed by atoms with E-state index in [4.69, 9.17) is 9.47 Å². The van der Waals surface area contributed by atoms with E-state index in [1.54, 1.807) is 17.4 Å². The SMILES string of the molecule is O=C(NC(Cc1cccc(OCc2cccs2)c1)C(=O)O)OCC1c2ccccc2-c2ccccc21. The Morgan fingerprint density at radius 2 is 1.64 bits per heavy atom. The number of aliphatic carboxylic acids is 1. The zero-order valence-corrected chi connectivity index (χ0v) is 20.2. The molecule has 7 heteroatoms. The topological polar surface area (TPSA) is 84.9 Å². The van der Waals surface area contributed by atoms with Crippen molar-refractivity contribution in [2.75, 3.05) is 6.61 Å². The van der Waals surface area contributed by atoms with Crippen LogP contribution < -0.4 is 10.1 Å². The number of hydrogen-bond acceptors (Lipinski definition) is 5. The van der Waals surface area contributed by atoms with Gasteiger partial charge in [-0.2, -0.15) is 0 Å². The first-order valence-electron chi connectivity index (χ1n) is 11.7. The van der Waals surface area contributed by atoms with Crippen molar-refractivity contribution in [3.05, 3.63) is 112 Å². The minimum Gasteiger partial charge on any atom is -0.488 e. The molecule has 2 N–H and O–H groups in total. The third-order valence-electron chi connectivity index (χ3n) is 6.23. The zero-order chi connectivity index (χ0) is 24.9. The molecular weight excluding hydrogens is 474 g/mol. The van der Waals surface area contributed by atoms with Gasteiger partial charge in [0, 0.05) is 17.2 Å². The van der Waals surface area contributed by atoms with Crippen LogP contribution in [0.4, 0.5) is 4.79 Å². The van der Waals surface area contributed by atoms with E-state index in [1.165, 1.54) is 0 Å². The minimum atomic E-state index is -1.13. The summed E-state index contributed by atoms with van der Waals surface area (Å²) in [5.41, 5.74) is 5.20. The number of carboxylic acids is 1. The Bertz CT molecular complexity index is 1320. The van der Waals surface area contributed by atoms with Crippen molar-refractivity contribution in [1.29, 1.82) is 0 Å². The smallest absolute Gasteiger partial charge is 0.407 e. The van der Waals surface area contributed by atoms with Gasteiger partial charge in [-0.15, -0.1) is 11.3 Å². The highest BCUT2D eigenvalue weighted by molar-refractivity contribution is 7.09. The molecule has 1 aromatic heterocycles. The van der Waals surface area contributed by atoms with Gasteiger partial charge in [-0.25, -0.2) is 9.59 Å². The average molecular weight is 500 g/mol. The summed E-state index contributed by atoms with van der Waals surface area (Å²) in [6.07, 6.45) is -0.648. The summed E-state index contributed by atoms with van der Waals surface area (Å²) in [5, 5.41) is 14.2. The molecule has 5 rings (SSSR count). The van der Waals surface area contributed by atoms with Crippen LogP contribution in [0.1, 0.15) is 27.5 Å². The molecule has 0 fully saturated rings. The molecule has 1 aliphatic rings. The lowest BCUT2D eigenvalue weighted by molar-refractivity contribution is -0.139. The highest BCUT2D eigenvalue weighted by Gasteiger charge is 2.29. The Balaban J connectivity index is 1.20. The van der Waals surface area contributed by atoms with Gasteiger partial charge in [0.15, 0.2) is 0 Å². The highest BCUT2D eigenvalue weighted by atomic mass is 32.1. The number of nitrogens with one attached hydrogen (secondary N) is 1. The Kier molecular flexibility index (Phi) is 7.00. The van der Waals surface area contributed by atoms with Crippen molar-refractivity contribution in [3.63, 3.8) is 0 Å². The second kappa shape index (κ2) is 10.7. The van der Waals surface area contributed by atoms with Gasteiger partial charge in [-0.1, -0.05) is 66.7 Å². The number of hydrogen-bond donors (Lipinski definition) is 2. The first kappa shape index (κ1) is 23.6. The molecule has 0 radical (unpaired) electrons. The van der Waals surface area contributed by atoms with Crippen LogP contribution >= 0.6 is 11.3 Å². The standard InChI is InChI=1S/C29H25NO5S/c31-28(32)27(16-19-7-5-8-20(15-19)34-17-21-9-6-14-36-21)30-29(33)35-18-26-24-12-3-1-10-22(24)23-11-2-4-13-25(23)26/h1-15,26-27H,16-18H2,(H,30,33)(H,31,32). The van der Waals surface area contributed by atoms with Gasteiger partial charge < -0.3 is 19.9 Å². The Hall–Kier alpha value is -4.10. The summed E-state index contributed by atoms with van der Waals surface area (Å²) in [6, 6.07) is 26.2. The molecule has 0 saturated carbocycles. The number of carboxylic acid groups (broad SMARTS) is 1. The Morgan fingerprint density at radius 3 is 2.31 bits per heavy atom. The molecule has 0 bridgehead atoms. The molecule has 0 saturated heterocycles. The fourth-order valence-corrected chi connectivity index (χ4v) is 5.15. The predicted octanol–water partition coefficient (Wildman–Crippen LogP) is 5.86. The maximum absolute atomic E-state index is 12.6. The molecule has 6 nitrogen and oxygen atoms in total. The van der Waals surface area contributed by atoms with E-state index in [1.807, 2.05) is 72.1 Å². The lowest BCUT2D eigenvalue weighted by atomic mass is 9.98. The number of benzene rings is 3. The van der Waals surface area contributed by atoms with Crippen molar-refractivity contribution >= 4 is 23.4 Å². The van der Waals surface area contributed by atoms with Gasteiger partial charge in [0.25, 0.3) is 0 Å². The molecule has 182 valence electrons. The monoisotopic (exact) mass is 499 g/mol. The first-order valence-corrected chi connectivity index (χ1v) is 12.5. The third-order valence-corrected chi connectivity index (χ3v) is 7.08. The summed E-state index contributed by atoms with van der Waals surface area (Å²) in [4.78, 5) is 25.6. The predicted molar refractivity (Wildman–Crippen MR) is 138 cm³/mol. The van der Waals surface area contributed by atoms with Crippen LogP contribution in [0.15, 0.2) is 90.3 Å². The van der Waals surface area contributed by atoms with Crippen LogP contribution in [0.25, 0.3) is 11.1 Å². The van der Waals surface area contributed by atoms with Crippen LogP contribution in [-0.4, -0.2) is 29.8 Å². The maximum atomic E-state index is 12.6. The van der Waals surface area contributed by atoms with Crippen molar-refractivity contribution in [3.8, 4) is 16.9 Å². The highest BCUT2D eigenvalue weighted by Crippen LogP contribution is 2.44. The molecule has 4 aromatic rings. The molecule has 1 atom stereocenters. The Labute approximate surface area is 213 Å². The number of fused-ring (bicyclic) bond motifs is 3. The number of carbonyl (C=O) groups is 2. The quantitative estimate of drug-likeness (QED) is 0.301. The summed E-state index contributed by atoms with van der Waals surface area (Å²) in [6.45, 7) is 0.569. The van der Waals surface area contributed by atoms with E-state index in [9.17, 15) is 14.7 Å². The lowest BCUT2D eigenvalue weighted by Crippen LogP contribution is -2.42. The van der Waals surface area contributed by atoms with Gasteiger partial charge in [-0.3, -0.25) is 0 Å². The molecule has 36 heavy (non-hydrogen) atoms. The number of ether oxygens (including phenoxy) is 2. The average Bonchev–Trinajstić information content (AvgIpc) is 3.52. The summed E-state index contributed by atoms with van der Waals surface area (Å²) in [7, 11) is 0. The van der Waals surface area contributed by atoms with E-state index in [2.05, 4.69) is 17.4 Å². The number of thiophene rings is 1. The van der Waals surface area contributed by atoms with Crippen molar-refractivity contribution in [2.45, 2.75) is 25.0 Å². The van der Waals surface area contributed by atoms with Gasteiger partial charge in [-0.05, 0) is 51.4 Å². The van der Waals surface area contributed by atoms with E-state index in [0.29, 0.717) is 12.4 Å². The van der Waals surface area contributed by atoms with Crippen LogP contribution in [0.3, 0.4) is 0 Å². The molecule has 0 aliphatic heterocycles. The fourth-order valence-electron chi connectivity index (χ4n) is 4.53. The van der Waals surface area contributed by atoms with Gasteiger partial charge in [0.05, 0.1) is 0 Å². The first-order chi connectivity index (χ1) is 17.6. The molecular formula is C29H25NO5S. The van der Waals surface area contributed by atoms with Gasteiger partial charge in [0.1, 0.15) is 25.0 Å². The molecule has 1 aliphatic carbocycles. The molecule has 3 aromatic carbocycles. The number of alkyl carbamates (subject to hydrolysis) is 1. The Morgan fingerprint density at radius 1 is 0.917 bits per heavy atom. The van der Waals surface area contributed by atoms with Crippen molar-refractivity contribution in [1.82, 2.24) is 5.32 Å². The summed E-state index contributed by atoms with van der Waals surface area (Å²) < 4.78 is 11.3. The number of carbonyl (C=O) groups excluding carboxylic acids is 1. The normalized spacial score (nSPS) is 12.9. The zero-order valence-electron chi connectivity index (χ0n) is 19.4. The van der Waals surface area contributed by atoms with Crippen molar-refractivity contribution in [2.24, 2.45) is 0 Å². The summed E-state index contributed by atoms with van der Waals surface area (Å²) in [5.74, 6) is -0.580. The van der Waals surface area contributed by atoms with E-state index in [-0.39, 0.29) is 18.9 Å². The lowest BCUT2D eigenvalue weighted by Gasteiger charge is -2.18. The number of amides is 1. The van der Waals surface area contributed by atoms with E-state index in [0.717, 1.165) is 32.7 Å². The summed E-state index contributed by atoms with van der Waals surface area (Å²) >= 11 is 1.61. The van der Waals surface area contributed by atoms with Gasteiger partial charge in [0.2, 0.25) is 0 Å². The fraction of sp³-hybridized carbons (Fsp3) is 0.172. The molecule has 1 heterocycles. The molecule has 0 spiro atoms. The van der Waals surface area contributed by atoms with Crippen LogP contribution in [0, 0.1) is 0 Å². The molecule has 1 amide bonds. The van der Waals surface area contributed by atoms with Crippen LogP contribution in [-0.2, 0) is 22.6 Å².